The number of aromatic nitrogens is 1. The van der Waals surface area contributed by atoms with E-state index in [1.165, 1.54) is 24.0 Å². The Kier molecular flexibility index (Phi) is 8.51. The second-order valence-corrected chi connectivity index (χ2v) is 15.0. The van der Waals surface area contributed by atoms with Crippen molar-refractivity contribution in [1.29, 1.82) is 0 Å². The third-order valence-electron chi connectivity index (χ3n) is 10.2. The molecule has 0 radical (unpaired) electrons. The monoisotopic (exact) mass is 729 g/mol. The number of halogens is 2. The number of ether oxygens (including phenoxy) is 3. The van der Waals surface area contributed by atoms with E-state index in [1.807, 2.05) is 34.2 Å². The molecule has 0 bridgehead atoms. The number of anilines is 1. The Morgan fingerprint density at radius 3 is 2.53 bits per heavy atom. The van der Waals surface area contributed by atoms with Crippen LogP contribution in [0.1, 0.15) is 59.0 Å². The average Bonchev–Trinajstić information content (AvgIpc) is 3.93. The van der Waals surface area contributed by atoms with Gasteiger partial charge in [0.2, 0.25) is 0 Å². The molecular formula is C34H38F2N5O9P. The molecule has 2 saturated heterocycles. The number of hydrogen-bond acceptors (Lipinski definition) is 12. The standard InChI is InChI=1S/C34H38F2N5O9P/c1-3-49-51(45,37-34(11-12-34)33(44)46-2)50-31-25(42)10-13-40-30(31)32(43)39-15-17-48-19-26(39)41(40)29-20-6-4-5-7-23(20)38-14-16-47-18-24(38)27-21(29)8-9-22(35)28(27)36/h4-10,13,24,26,29,37,45,51H,3,11-12,14-19H2,1-2H3. The third kappa shape index (κ3) is 5.47. The number of rotatable bonds is 8. The molecule has 51 heavy (non-hydrogen) atoms. The van der Waals surface area contributed by atoms with E-state index in [1.54, 1.807) is 17.9 Å². The van der Waals surface area contributed by atoms with Crippen LogP contribution in [0.15, 0.2) is 53.5 Å². The zero-order valence-electron chi connectivity index (χ0n) is 28.0. The first-order valence-corrected chi connectivity index (χ1v) is 18.6. The molecule has 1 saturated carbocycles. The minimum atomic E-state index is -4.62. The molecule has 3 aromatic rings. The minimum absolute atomic E-state index is 0.0475. The predicted molar refractivity (Wildman–Crippen MR) is 180 cm³/mol. The van der Waals surface area contributed by atoms with Crippen LogP contribution in [-0.2, 0) is 23.5 Å². The van der Waals surface area contributed by atoms with Crippen molar-refractivity contribution in [2.75, 3.05) is 63.1 Å². The van der Waals surface area contributed by atoms with Gasteiger partial charge in [0.25, 0.3) is 0 Å². The van der Waals surface area contributed by atoms with E-state index in [9.17, 15) is 19.3 Å². The summed E-state index contributed by atoms with van der Waals surface area (Å²) in [5.41, 5.74) is -0.159. The topological polar surface area (TPSA) is 144 Å². The van der Waals surface area contributed by atoms with Crippen molar-refractivity contribution in [3.8, 4) is 5.75 Å². The molecule has 3 unspecified atom stereocenters. The number of para-hydroxylation sites is 1. The molecule has 5 heterocycles. The Bertz CT molecular complexity index is 1960. The number of methoxy groups -OCH3 is 1. The van der Waals surface area contributed by atoms with Gasteiger partial charge in [0.05, 0.1) is 0 Å². The fraction of sp³-hybridized carbons (Fsp3) is 0.441. The predicted octanol–water partition coefficient (Wildman–Crippen LogP) is 2.67. The van der Waals surface area contributed by atoms with Gasteiger partial charge in [0.15, 0.2) is 0 Å². The fourth-order valence-electron chi connectivity index (χ4n) is 7.77. The maximum absolute atomic E-state index is 16.2. The van der Waals surface area contributed by atoms with Gasteiger partial charge in [-0.25, -0.2) is 0 Å². The van der Waals surface area contributed by atoms with Crippen molar-refractivity contribution in [3.63, 3.8) is 0 Å². The number of nitrogens with one attached hydrogen (secondary N) is 1. The summed E-state index contributed by atoms with van der Waals surface area (Å²) in [6.07, 6.45) is 1.32. The molecule has 2 aromatic carbocycles. The van der Waals surface area contributed by atoms with Gasteiger partial charge in [-0.05, 0) is 0 Å². The van der Waals surface area contributed by atoms with Gasteiger partial charge >= 0.3 is 292 Å². The van der Waals surface area contributed by atoms with Gasteiger partial charge in [-0.2, -0.15) is 0 Å². The Labute approximate surface area is 292 Å². The Balaban J connectivity index is 1.34. The molecule has 4 aliphatic heterocycles. The van der Waals surface area contributed by atoms with Gasteiger partial charge in [-0.3, -0.25) is 0 Å². The molecule has 2 N–H and O–H groups in total. The van der Waals surface area contributed by atoms with Crippen molar-refractivity contribution in [3.05, 3.63) is 92.9 Å². The number of esters is 1. The molecule has 1 aliphatic carbocycles. The first-order chi connectivity index (χ1) is 24.6. The Hall–Kier alpha value is -4.18. The summed E-state index contributed by atoms with van der Waals surface area (Å²) >= 11 is 0. The SMILES string of the molecule is CCO[PH](O)(NC1(C(=O)OC)CC1)Oc1c2n(ccc1=O)N(C1c3ccccc3N3CCOCC3c3c1ccc(F)c3F)C1COCCN1C2=O. The van der Waals surface area contributed by atoms with Gasteiger partial charge < -0.3 is 0 Å². The van der Waals surface area contributed by atoms with E-state index in [0.717, 1.165) is 17.3 Å². The van der Waals surface area contributed by atoms with Crippen LogP contribution in [0.25, 0.3) is 0 Å². The van der Waals surface area contributed by atoms with Crippen LogP contribution in [0.5, 0.6) is 5.75 Å². The Morgan fingerprint density at radius 2 is 1.78 bits per heavy atom. The van der Waals surface area contributed by atoms with Crippen LogP contribution in [0.4, 0.5) is 14.5 Å². The Morgan fingerprint density at radius 1 is 1.04 bits per heavy atom. The van der Waals surface area contributed by atoms with Crippen molar-refractivity contribution < 1.29 is 46.5 Å². The van der Waals surface area contributed by atoms with E-state index < -0.39 is 66.6 Å². The molecule has 0 spiro atoms. The molecule has 272 valence electrons. The molecule has 8 rings (SSSR count). The van der Waals surface area contributed by atoms with Gasteiger partial charge in [-0.1, -0.05) is 0 Å². The molecule has 5 aliphatic rings. The van der Waals surface area contributed by atoms with Gasteiger partial charge in [-0.15, -0.1) is 0 Å². The number of pyridine rings is 1. The van der Waals surface area contributed by atoms with E-state index in [2.05, 4.69) is 5.09 Å². The molecule has 14 nitrogen and oxygen atoms in total. The van der Waals surface area contributed by atoms with Gasteiger partial charge in [0.1, 0.15) is 0 Å². The van der Waals surface area contributed by atoms with Crippen LogP contribution >= 0.6 is 8.09 Å². The van der Waals surface area contributed by atoms with E-state index >= 15 is 8.78 Å². The van der Waals surface area contributed by atoms with Crippen LogP contribution in [0.2, 0.25) is 0 Å². The number of nitrogens with zero attached hydrogens (tertiary/aromatic N) is 4. The summed E-state index contributed by atoms with van der Waals surface area (Å²) in [5.74, 6) is -3.71. The fourth-order valence-corrected chi connectivity index (χ4v) is 9.77. The van der Waals surface area contributed by atoms with Crippen molar-refractivity contribution in [1.82, 2.24) is 14.7 Å². The number of benzene rings is 2. The number of hydrogen-bond donors (Lipinski definition) is 2. The van der Waals surface area contributed by atoms with Crippen molar-refractivity contribution >= 4 is 25.7 Å². The zero-order valence-corrected chi connectivity index (χ0v) is 29.0. The molecular weight excluding hydrogens is 691 g/mol. The zero-order chi connectivity index (χ0) is 35.7. The van der Waals surface area contributed by atoms with Crippen LogP contribution < -0.4 is 24.9 Å². The molecule has 3 atom stereocenters. The second-order valence-electron chi connectivity index (χ2n) is 13.1. The number of morpholine rings is 2. The second kappa shape index (κ2) is 12.8. The molecule has 1 amide bonds. The normalized spacial score (nSPS) is 23.6. The van der Waals surface area contributed by atoms with E-state index in [0.29, 0.717) is 31.6 Å². The van der Waals surface area contributed by atoms with E-state index in [-0.39, 0.29) is 44.2 Å². The maximum atomic E-state index is 16.2. The average molecular weight is 730 g/mol. The number of amides is 1. The molecule has 17 heteroatoms. The summed E-state index contributed by atoms with van der Waals surface area (Å²) in [5, 5.41) is 4.62. The number of fused-ring (bicyclic) bond motifs is 7. The first kappa shape index (κ1) is 33.9. The van der Waals surface area contributed by atoms with E-state index in [4.69, 9.17) is 23.3 Å². The molecule has 1 aromatic heterocycles. The van der Waals surface area contributed by atoms with Crippen molar-refractivity contribution in [2.45, 2.75) is 43.6 Å². The summed E-state index contributed by atoms with van der Waals surface area (Å²) in [4.78, 5) is 56.2. The van der Waals surface area contributed by atoms with Crippen molar-refractivity contribution in [2.24, 2.45) is 0 Å². The van der Waals surface area contributed by atoms with Crippen LogP contribution in [-0.4, -0.2) is 91.3 Å². The van der Waals surface area contributed by atoms with Gasteiger partial charge in [0, 0.05) is 0 Å². The first-order valence-electron chi connectivity index (χ1n) is 16.9. The summed E-state index contributed by atoms with van der Waals surface area (Å²) in [7, 11) is -3.39. The summed E-state index contributed by atoms with van der Waals surface area (Å²) < 4.78 is 61.2. The van der Waals surface area contributed by atoms with Crippen LogP contribution in [0.3, 0.4) is 0 Å². The van der Waals surface area contributed by atoms with Crippen LogP contribution in [0, 0.1) is 11.6 Å². The summed E-state index contributed by atoms with van der Waals surface area (Å²) in [6.45, 7) is 2.89. The third-order valence-corrected chi connectivity index (χ3v) is 12.1. The number of carbonyl (C=O) groups excluding carboxylic acids is 2. The quantitative estimate of drug-likeness (QED) is 0.260. The molecule has 3 fully saturated rings. The number of carbonyl (C=O) groups is 2. The summed E-state index contributed by atoms with van der Waals surface area (Å²) in [6, 6.07) is 9.85.